The number of aliphatic hydroxyl groups excluding tert-OH is 1. The summed E-state index contributed by atoms with van der Waals surface area (Å²) in [6, 6.07) is 3.81. The fraction of sp³-hybridized carbons (Fsp3) is 0.500. The predicted molar refractivity (Wildman–Crippen MR) is 78.1 cm³/mol. The van der Waals surface area contributed by atoms with Crippen LogP contribution in [-0.2, 0) is 4.74 Å². The molecule has 1 atom stereocenters. The van der Waals surface area contributed by atoms with Crippen molar-refractivity contribution < 1.29 is 19.0 Å². The Bertz CT molecular complexity index is 454. The van der Waals surface area contributed by atoms with Crippen molar-refractivity contribution in [2.75, 3.05) is 19.8 Å². The molecule has 0 aliphatic heterocycles. The number of benzene rings is 1. The lowest BCUT2D eigenvalue weighted by atomic mass is 10.2. The van der Waals surface area contributed by atoms with Crippen LogP contribution in [-0.4, -0.2) is 36.9 Å². The minimum absolute atomic E-state index is 0.0841. The summed E-state index contributed by atoms with van der Waals surface area (Å²) in [6.45, 7) is 4.85. The van der Waals surface area contributed by atoms with Crippen LogP contribution in [0.2, 0.25) is 0 Å². The van der Waals surface area contributed by atoms with Gasteiger partial charge in [-0.2, -0.15) is 0 Å². The Balaban J connectivity index is 2.39. The molecular formula is C14H19BrFNO3. The zero-order valence-corrected chi connectivity index (χ0v) is 13.1. The number of carbonyl (C=O) groups excluding carboxylic acids is 1. The Labute approximate surface area is 126 Å². The minimum atomic E-state index is -0.767. The lowest BCUT2D eigenvalue weighted by molar-refractivity contribution is 0.0259. The monoisotopic (exact) mass is 347 g/mol. The van der Waals surface area contributed by atoms with E-state index in [-0.39, 0.29) is 19.1 Å². The van der Waals surface area contributed by atoms with Gasteiger partial charge in [0.25, 0.3) is 5.91 Å². The molecule has 0 bridgehead atoms. The first-order valence-corrected chi connectivity index (χ1v) is 7.18. The van der Waals surface area contributed by atoms with Crippen LogP contribution in [0, 0.1) is 11.7 Å². The third kappa shape index (κ3) is 5.98. The van der Waals surface area contributed by atoms with Crippen LogP contribution in [0.1, 0.15) is 24.2 Å². The Morgan fingerprint density at radius 1 is 1.45 bits per heavy atom. The van der Waals surface area contributed by atoms with Gasteiger partial charge in [0.15, 0.2) is 0 Å². The van der Waals surface area contributed by atoms with Gasteiger partial charge in [0.2, 0.25) is 0 Å². The normalized spacial score (nSPS) is 12.5. The van der Waals surface area contributed by atoms with Gasteiger partial charge in [-0.25, -0.2) is 4.39 Å². The van der Waals surface area contributed by atoms with Gasteiger partial charge in [0.05, 0.1) is 18.3 Å². The van der Waals surface area contributed by atoms with Crippen LogP contribution in [0.3, 0.4) is 0 Å². The summed E-state index contributed by atoms with van der Waals surface area (Å²) in [6.07, 6.45) is -0.767. The van der Waals surface area contributed by atoms with Gasteiger partial charge in [0, 0.05) is 17.6 Å². The van der Waals surface area contributed by atoms with Gasteiger partial charge in [-0.05, 0) is 40.0 Å². The maximum Gasteiger partial charge on any atom is 0.252 e. The first kappa shape index (κ1) is 17.1. The zero-order chi connectivity index (χ0) is 15.1. The fourth-order valence-corrected chi connectivity index (χ4v) is 2.01. The molecule has 6 heteroatoms. The summed E-state index contributed by atoms with van der Waals surface area (Å²) in [4.78, 5) is 11.8. The van der Waals surface area contributed by atoms with Crippen LogP contribution in [0.15, 0.2) is 22.7 Å². The molecule has 112 valence electrons. The molecule has 0 radical (unpaired) electrons. The Hall–Kier alpha value is -0.980. The third-order valence-corrected chi connectivity index (χ3v) is 3.09. The van der Waals surface area contributed by atoms with Crippen LogP contribution in [0.5, 0.6) is 0 Å². The topological polar surface area (TPSA) is 58.6 Å². The number of hydrogen-bond acceptors (Lipinski definition) is 3. The van der Waals surface area contributed by atoms with Crippen molar-refractivity contribution in [3.05, 3.63) is 34.1 Å². The highest BCUT2D eigenvalue weighted by Gasteiger charge is 2.12. The molecule has 4 nitrogen and oxygen atoms in total. The first-order valence-electron chi connectivity index (χ1n) is 6.39. The Morgan fingerprint density at radius 2 is 2.15 bits per heavy atom. The number of hydrogen-bond donors (Lipinski definition) is 2. The number of amides is 1. The van der Waals surface area contributed by atoms with Crippen molar-refractivity contribution in [1.29, 1.82) is 0 Å². The fourth-order valence-electron chi connectivity index (χ4n) is 1.48. The number of halogens is 2. The molecule has 0 fully saturated rings. The van der Waals surface area contributed by atoms with E-state index in [0.717, 1.165) is 0 Å². The highest BCUT2D eigenvalue weighted by atomic mass is 79.9. The summed E-state index contributed by atoms with van der Waals surface area (Å²) in [5, 5.41) is 12.2. The van der Waals surface area contributed by atoms with E-state index < -0.39 is 11.9 Å². The molecule has 0 spiro atoms. The molecule has 0 aliphatic carbocycles. The highest BCUT2D eigenvalue weighted by Crippen LogP contribution is 2.17. The van der Waals surface area contributed by atoms with E-state index in [1.54, 1.807) is 0 Å². The van der Waals surface area contributed by atoms with Crippen LogP contribution >= 0.6 is 15.9 Å². The SMILES string of the molecule is CC(C)COCC(O)CNC(=O)c1ccc(F)cc1Br. The molecular weight excluding hydrogens is 329 g/mol. The van der Waals surface area contributed by atoms with E-state index in [4.69, 9.17) is 4.74 Å². The molecule has 2 N–H and O–H groups in total. The van der Waals surface area contributed by atoms with E-state index in [0.29, 0.717) is 22.6 Å². The van der Waals surface area contributed by atoms with Crippen LogP contribution < -0.4 is 5.32 Å². The van der Waals surface area contributed by atoms with E-state index >= 15 is 0 Å². The summed E-state index contributed by atoms with van der Waals surface area (Å²) >= 11 is 3.12. The second kappa shape index (κ2) is 8.34. The van der Waals surface area contributed by atoms with Crippen molar-refractivity contribution >= 4 is 21.8 Å². The highest BCUT2D eigenvalue weighted by molar-refractivity contribution is 9.10. The average molecular weight is 348 g/mol. The minimum Gasteiger partial charge on any atom is -0.389 e. The molecule has 0 heterocycles. The van der Waals surface area contributed by atoms with Gasteiger partial charge in [0.1, 0.15) is 5.82 Å². The third-order valence-electron chi connectivity index (χ3n) is 2.44. The summed E-state index contributed by atoms with van der Waals surface area (Å²) in [5.74, 6) is -0.401. The predicted octanol–water partition coefficient (Wildman–Crippen LogP) is 2.35. The second-order valence-corrected chi connectivity index (χ2v) is 5.77. The van der Waals surface area contributed by atoms with Crippen molar-refractivity contribution in [1.82, 2.24) is 5.32 Å². The Kier molecular flexibility index (Phi) is 7.12. The smallest absolute Gasteiger partial charge is 0.252 e. The molecule has 1 aromatic rings. The van der Waals surface area contributed by atoms with Gasteiger partial charge in [-0.3, -0.25) is 4.79 Å². The lowest BCUT2D eigenvalue weighted by Gasteiger charge is -2.14. The maximum atomic E-state index is 12.9. The van der Waals surface area contributed by atoms with Crippen LogP contribution in [0.25, 0.3) is 0 Å². The lowest BCUT2D eigenvalue weighted by Crippen LogP contribution is -2.35. The number of aliphatic hydroxyl groups is 1. The standard InChI is InChI=1S/C14H19BrFNO3/c1-9(2)7-20-8-11(18)6-17-14(19)12-4-3-10(16)5-13(12)15/h3-5,9,11,18H,6-8H2,1-2H3,(H,17,19). The van der Waals surface area contributed by atoms with E-state index in [1.165, 1.54) is 18.2 Å². The molecule has 1 aromatic carbocycles. The molecule has 0 aromatic heterocycles. The van der Waals surface area contributed by atoms with Gasteiger partial charge < -0.3 is 15.2 Å². The first-order chi connectivity index (χ1) is 9.40. The van der Waals surface area contributed by atoms with Crippen molar-refractivity contribution in [3.8, 4) is 0 Å². The number of rotatable bonds is 7. The number of nitrogens with one attached hydrogen (secondary N) is 1. The Morgan fingerprint density at radius 3 is 2.75 bits per heavy atom. The zero-order valence-electron chi connectivity index (χ0n) is 11.5. The molecule has 1 unspecified atom stereocenters. The summed E-state index contributed by atoms with van der Waals surface area (Å²) < 4.78 is 18.6. The number of ether oxygens (including phenoxy) is 1. The maximum absolute atomic E-state index is 12.9. The van der Waals surface area contributed by atoms with Crippen molar-refractivity contribution in [3.63, 3.8) is 0 Å². The quantitative estimate of drug-likeness (QED) is 0.795. The van der Waals surface area contributed by atoms with E-state index in [2.05, 4.69) is 21.2 Å². The van der Waals surface area contributed by atoms with E-state index in [9.17, 15) is 14.3 Å². The molecule has 0 aliphatic rings. The summed E-state index contributed by atoms with van der Waals surface area (Å²) in [7, 11) is 0. The largest absolute Gasteiger partial charge is 0.389 e. The van der Waals surface area contributed by atoms with Gasteiger partial charge in [-0.1, -0.05) is 13.8 Å². The van der Waals surface area contributed by atoms with Gasteiger partial charge >= 0.3 is 0 Å². The number of carbonyl (C=O) groups is 1. The molecule has 1 rings (SSSR count). The van der Waals surface area contributed by atoms with E-state index in [1.807, 2.05) is 13.8 Å². The van der Waals surface area contributed by atoms with Crippen molar-refractivity contribution in [2.24, 2.45) is 5.92 Å². The second-order valence-electron chi connectivity index (χ2n) is 4.92. The van der Waals surface area contributed by atoms with Crippen molar-refractivity contribution in [2.45, 2.75) is 20.0 Å². The molecule has 1 amide bonds. The molecule has 20 heavy (non-hydrogen) atoms. The average Bonchev–Trinajstić information content (AvgIpc) is 2.35. The van der Waals surface area contributed by atoms with Crippen LogP contribution in [0.4, 0.5) is 4.39 Å². The molecule has 0 saturated carbocycles. The van der Waals surface area contributed by atoms with Gasteiger partial charge in [-0.15, -0.1) is 0 Å². The summed E-state index contributed by atoms with van der Waals surface area (Å²) in [5.41, 5.74) is 0.321. The molecule has 0 saturated heterocycles.